The van der Waals surface area contributed by atoms with E-state index in [2.05, 4.69) is 10.3 Å². The Hall–Kier alpha value is -3.02. The fourth-order valence-corrected chi connectivity index (χ4v) is 2.87. The second-order valence-corrected chi connectivity index (χ2v) is 6.12. The Kier molecular flexibility index (Phi) is 5.11. The molecular weight excluding hydrogens is 333 g/mol. The second kappa shape index (κ2) is 7.47. The second-order valence-electron chi connectivity index (χ2n) is 6.12. The Morgan fingerprint density at radius 3 is 2.81 bits per heavy atom. The van der Waals surface area contributed by atoms with Gasteiger partial charge in [-0.2, -0.15) is 0 Å². The quantitative estimate of drug-likeness (QED) is 0.767. The van der Waals surface area contributed by atoms with Crippen molar-refractivity contribution >= 4 is 16.9 Å². The van der Waals surface area contributed by atoms with E-state index >= 15 is 0 Å². The zero-order chi connectivity index (χ0) is 18.7. The van der Waals surface area contributed by atoms with E-state index in [1.165, 1.54) is 12.1 Å². The standard InChI is InChI=1S/C20H20FN3O2/c1-3-24-12-17(18(25)16-8-7-13(2)23-19(16)24)20(26)22-10-9-14-5-4-6-15(21)11-14/h4-8,11-12H,3,9-10H2,1-2H3,(H,22,26). The van der Waals surface area contributed by atoms with E-state index < -0.39 is 5.91 Å². The number of aryl methyl sites for hydroxylation is 2. The number of carbonyl (C=O) groups is 1. The first-order chi connectivity index (χ1) is 12.5. The van der Waals surface area contributed by atoms with Crippen LogP contribution in [0.1, 0.15) is 28.5 Å². The van der Waals surface area contributed by atoms with Crippen molar-refractivity contribution in [3.63, 3.8) is 0 Å². The first-order valence-corrected chi connectivity index (χ1v) is 8.53. The molecular formula is C20H20FN3O2. The largest absolute Gasteiger partial charge is 0.352 e. The molecule has 0 atom stereocenters. The first-order valence-electron chi connectivity index (χ1n) is 8.53. The van der Waals surface area contributed by atoms with Crippen LogP contribution in [0.5, 0.6) is 0 Å². The van der Waals surface area contributed by atoms with E-state index in [0.29, 0.717) is 30.5 Å². The highest BCUT2D eigenvalue weighted by Crippen LogP contribution is 2.11. The maximum absolute atomic E-state index is 13.2. The lowest BCUT2D eigenvalue weighted by Crippen LogP contribution is -2.31. The summed E-state index contributed by atoms with van der Waals surface area (Å²) in [5.41, 5.74) is 1.93. The zero-order valence-corrected chi connectivity index (χ0v) is 14.8. The highest BCUT2D eigenvalue weighted by atomic mass is 19.1. The SMILES string of the molecule is CCn1cc(C(=O)NCCc2cccc(F)c2)c(=O)c2ccc(C)nc21. The molecule has 1 amide bonds. The molecule has 1 aromatic carbocycles. The number of nitrogens with zero attached hydrogens (tertiary/aromatic N) is 2. The monoisotopic (exact) mass is 353 g/mol. The molecule has 0 aliphatic carbocycles. The van der Waals surface area contributed by atoms with Crippen LogP contribution in [-0.4, -0.2) is 22.0 Å². The summed E-state index contributed by atoms with van der Waals surface area (Å²) in [6, 6.07) is 9.69. The Labute approximate surface area is 150 Å². The molecule has 0 aliphatic heterocycles. The van der Waals surface area contributed by atoms with E-state index in [9.17, 15) is 14.0 Å². The van der Waals surface area contributed by atoms with E-state index in [1.54, 1.807) is 35.0 Å². The van der Waals surface area contributed by atoms with Crippen molar-refractivity contribution in [2.24, 2.45) is 0 Å². The van der Waals surface area contributed by atoms with Crippen molar-refractivity contribution in [2.75, 3.05) is 6.54 Å². The van der Waals surface area contributed by atoms with Gasteiger partial charge in [0.1, 0.15) is 17.0 Å². The fourth-order valence-electron chi connectivity index (χ4n) is 2.87. The number of aromatic nitrogens is 2. The van der Waals surface area contributed by atoms with Crippen LogP contribution in [0.4, 0.5) is 4.39 Å². The molecule has 0 saturated carbocycles. The highest BCUT2D eigenvalue weighted by molar-refractivity contribution is 5.96. The van der Waals surface area contributed by atoms with Crippen LogP contribution in [0.15, 0.2) is 47.4 Å². The molecule has 3 rings (SSSR count). The molecule has 0 aliphatic rings. The molecule has 134 valence electrons. The van der Waals surface area contributed by atoms with Crippen molar-refractivity contribution in [1.82, 2.24) is 14.9 Å². The summed E-state index contributed by atoms with van der Waals surface area (Å²) in [5, 5.41) is 3.17. The van der Waals surface area contributed by atoms with Gasteiger partial charge in [-0.25, -0.2) is 9.37 Å². The lowest BCUT2D eigenvalue weighted by atomic mass is 10.1. The molecule has 3 aromatic rings. The van der Waals surface area contributed by atoms with E-state index in [1.807, 2.05) is 13.8 Å². The number of rotatable bonds is 5. The molecule has 0 bridgehead atoms. The molecule has 0 fully saturated rings. The Morgan fingerprint density at radius 2 is 2.08 bits per heavy atom. The average Bonchev–Trinajstić information content (AvgIpc) is 2.62. The molecule has 2 heterocycles. The summed E-state index contributed by atoms with van der Waals surface area (Å²) in [4.78, 5) is 29.6. The topological polar surface area (TPSA) is 64.0 Å². The smallest absolute Gasteiger partial charge is 0.256 e. The number of fused-ring (bicyclic) bond motifs is 1. The molecule has 0 spiro atoms. The van der Waals surface area contributed by atoms with Gasteiger partial charge in [-0.05, 0) is 50.1 Å². The number of benzene rings is 1. The van der Waals surface area contributed by atoms with E-state index in [4.69, 9.17) is 0 Å². The summed E-state index contributed by atoms with van der Waals surface area (Å²) >= 11 is 0. The van der Waals surface area contributed by atoms with Crippen LogP contribution in [0.3, 0.4) is 0 Å². The van der Waals surface area contributed by atoms with E-state index in [0.717, 1.165) is 11.3 Å². The number of carbonyl (C=O) groups excluding carboxylic acids is 1. The molecule has 1 N–H and O–H groups in total. The van der Waals surface area contributed by atoms with Gasteiger partial charge in [0.2, 0.25) is 5.43 Å². The molecule has 5 nitrogen and oxygen atoms in total. The Bertz CT molecular complexity index is 1030. The molecule has 2 aromatic heterocycles. The van der Waals surface area contributed by atoms with Gasteiger partial charge in [0.25, 0.3) is 5.91 Å². The summed E-state index contributed by atoms with van der Waals surface area (Å²) in [7, 11) is 0. The predicted octanol–water partition coefficient (Wildman–Crippen LogP) is 2.84. The maximum Gasteiger partial charge on any atom is 0.256 e. The van der Waals surface area contributed by atoms with Gasteiger partial charge in [0, 0.05) is 25.0 Å². The highest BCUT2D eigenvalue weighted by Gasteiger charge is 2.15. The average molecular weight is 353 g/mol. The van der Waals surface area contributed by atoms with Crippen LogP contribution in [0, 0.1) is 12.7 Å². The first kappa shape index (κ1) is 17.8. The van der Waals surface area contributed by atoms with Gasteiger partial charge < -0.3 is 9.88 Å². The van der Waals surface area contributed by atoms with Gasteiger partial charge in [-0.1, -0.05) is 12.1 Å². The fraction of sp³-hybridized carbons (Fsp3) is 0.250. The summed E-state index contributed by atoms with van der Waals surface area (Å²) in [6.45, 7) is 4.70. The van der Waals surface area contributed by atoms with Crippen LogP contribution in [-0.2, 0) is 13.0 Å². The van der Waals surface area contributed by atoms with Gasteiger partial charge in [-0.15, -0.1) is 0 Å². The molecule has 26 heavy (non-hydrogen) atoms. The third-order valence-corrected chi connectivity index (χ3v) is 4.23. The van der Waals surface area contributed by atoms with Gasteiger partial charge >= 0.3 is 0 Å². The summed E-state index contributed by atoms with van der Waals surface area (Å²) in [5.74, 6) is -0.743. The van der Waals surface area contributed by atoms with Gasteiger partial charge in [-0.3, -0.25) is 9.59 Å². The van der Waals surface area contributed by atoms with Crippen molar-refractivity contribution in [2.45, 2.75) is 26.8 Å². The Morgan fingerprint density at radius 1 is 1.27 bits per heavy atom. The van der Waals surface area contributed by atoms with Gasteiger partial charge in [0.15, 0.2) is 0 Å². The Balaban J connectivity index is 1.83. The van der Waals surface area contributed by atoms with Crippen LogP contribution < -0.4 is 10.7 Å². The summed E-state index contributed by atoms with van der Waals surface area (Å²) in [6.07, 6.45) is 2.04. The number of hydrogen-bond acceptors (Lipinski definition) is 3. The molecule has 0 radical (unpaired) electrons. The van der Waals surface area contributed by atoms with Crippen molar-refractivity contribution in [3.8, 4) is 0 Å². The van der Waals surface area contributed by atoms with Crippen LogP contribution >= 0.6 is 0 Å². The van der Waals surface area contributed by atoms with Crippen molar-refractivity contribution in [3.05, 3.63) is 75.5 Å². The third kappa shape index (κ3) is 3.64. The molecule has 6 heteroatoms. The van der Waals surface area contributed by atoms with E-state index in [-0.39, 0.29) is 16.8 Å². The number of amides is 1. The lowest BCUT2D eigenvalue weighted by Gasteiger charge is -2.11. The number of nitrogens with one attached hydrogen (secondary N) is 1. The summed E-state index contributed by atoms with van der Waals surface area (Å²) < 4.78 is 15.0. The minimum atomic E-state index is -0.434. The predicted molar refractivity (Wildman–Crippen MR) is 98.9 cm³/mol. The minimum Gasteiger partial charge on any atom is -0.352 e. The van der Waals surface area contributed by atoms with Crippen LogP contribution in [0.25, 0.3) is 11.0 Å². The molecule has 0 unspecified atom stereocenters. The minimum absolute atomic E-state index is 0.0873. The van der Waals surface area contributed by atoms with Crippen LogP contribution in [0.2, 0.25) is 0 Å². The number of pyridine rings is 2. The van der Waals surface area contributed by atoms with Crippen molar-refractivity contribution in [1.29, 1.82) is 0 Å². The molecule has 0 saturated heterocycles. The number of hydrogen-bond donors (Lipinski definition) is 1. The number of halogens is 1. The zero-order valence-electron chi connectivity index (χ0n) is 14.8. The van der Waals surface area contributed by atoms with Gasteiger partial charge in [0.05, 0.1) is 5.39 Å². The normalized spacial score (nSPS) is 10.9. The maximum atomic E-state index is 13.2. The van der Waals surface area contributed by atoms with Crippen molar-refractivity contribution < 1.29 is 9.18 Å². The third-order valence-electron chi connectivity index (χ3n) is 4.23. The lowest BCUT2D eigenvalue weighted by molar-refractivity contribution is 0.0952.